The van der Waals surface area contributed by atoms with Gasteiger partial charge in [0, 0.05) is 13.2 Å². The molecule has 0 unspecified atom stereocenters. The fourth-order valence-electron chi connectivity index (χ4n) is 3.38. The van der Waals surface area contributed by atoms with E-state index in [1.807, 2.05) is 11.7 Å². The summed E-state index contributed by atoms with van der Waals surface area (Å²) >= 11 is 0. The molecule has 0 amide bonds. The molecule has 2 heteroatoms. The first kappa shape index (κ1) is 19.5. The molecule has 0 bridgehead atoms. The number of hydrogen-bond donors (Lipinski definition) is 0. The summed E-state index contributed by atoms with van der Waals surface area (Å²) in [6.07, 6.45) is 2.08. The molecule has 2 nitrogen and oxygen atoms in total. The van der Waals surface area contributed by atoms with Crippen LogP contribution in [0.15, 0.2) is 12.3 Å². The van der Waals surface area contributed by atoms with Gasteiger partial charge in [0.25, 0.3) is 0 Å². The van der Waals surface area contributed by atoms with E-state index < -0.39 is 0 Å². The molecule has 2 aromatic rings. The fraction of sp³-hybridized carbons (Fsp3) is 0.571. The Morgan fingerprint density at radius 3 is 1.74 bits per heavy atom. The Morgan fingerprint density at radius 2 is 1.39 bits per heavy atom. The fourth-order valence-corrected chi connectivity index (χ4v) is 3.38. The van der Waals surface area contributed by atoms with E-state index in [9.17, 15) is 0 Å². The van der Waals surface area contributed by atoms with E-state index in [4.69, 9.17) is 0 Å². The van der Waals surface area contributed by atoms with Crippen molar-refractivity contribution in [2.75, 3.05) is 0 Å². The van der Waals surface area contributed by atoms with Gasteiger partial charge in [-0.15, -0.1) is 0 Å². The minimum Gasteiger partial charge on any atom is -0.275 e. The molecule has 0 radical (unpaired) electrons. The maximum Gasteiger partial charge on any atom is 0.0628 e. The number of aromatic nitrogens is 2. The molecule has 128 valence electrons. The largest absolute Gasteiger partial charge is 0.275 e. The van der Waals surface area contributed by atoms with Gasteiger partial charge in [-0.25, -0.2) is 0 Å². The zero-order valence-electron chi connectivity index (χ0n) is 16.7. The third kappa shape index (κ3) is 4.70. The number of aryl methyl sites for hydroxylation is 4. The van der Waals surface area contributed by atoms with Crippen molar-refractivity contribution in [1.29, 1.82) is 0 Å². The first-order valence-corrected chi connectivity index (χ1v) is 8.63. The van der Waals surface area contributed by atoms with E-state index in [0.29, 0.717) is 11.8 Å². The maximum absolute atomic E-state index is 4.25. The predicted octanol–water partition coefficient (Wildman–Crippen LogP) is 5.90. The molecule has 2 rings (SSSR count). The molecule has 0 saturated heterocycles. The number of hydrogen-bond acceptors (Lipinski definition) is 1. The van der Waals surface area contributed by atoms with Crippen LogP contribution in [0, 0.1) is 34.6 Å². The highest BCUT2D eigenvalue weighted by atomic mass is 15.2. The van der Waals surface area contributed by atoms with Gasteiger partial charge >= 0.3 is 0 Å². The molecule has 1 heterocycles. The lowest BCUT2D eigenvalue weighted by Gasteiger charge is -2.17. The third-order valence-electron chi connectivity index (χ3n) is 4.67. The number of benzene rings is 1. The van der Waals surface area contributed by atoms with Crippen LogP contribution in [0.2, 0.25) is 0 Å². The number of rotatable bonds is 2. The van der Waals surface area contributed by atoms with Crippen LogP contribution in [0.1, 0.15) is 78.6 Å². The van der Waals surface area contributed by atoms with Crippen molar-refractivity contribution < 1.29 is 0 Å². The second-order valence-corrected chi connectivity index (χ2v) is 7.33. The molecule has 23 heavy (non-hydrogen) atoms. The Kier molecular flexibility index (Phi) is 6.61. The molecule has 0 aliphatic carbocycles. The smallest absolute Gasteiger partial charge is 0.0628 e. The van der Waals surface area contributed by atoms with Gasteiger partial charge < -0.3 is 0 Å². The number of nitrogens with zero attached hydrogens (tertiary/aromatic N) is 2. The van der Waals surface area contributed by atoms with Crippen molar-refractivity contribution in [3.05, 3.63) is 51.3 Å². The van der Waals surface area contributed by atoms with E-state index >= 15 is 0 Å². The zero-order valence-corrected chi connectivity index (χ0v) is 16.7. The Morgan fingerprint density at radius 1 is 0.826 bits per heavy atom. The topological polar surface area (TPSA) is 17.8 Å². The molecule has 0 atom stereocenters. The van der Waals surface area contributed by atoms with Crippen LogP contribution in [0.25, 0.3) is 0 Å². The van der Waals surface area contributed by atoms with Gasteiger partial charge in [-0.1, -0.05) is 33.8 Å². The minimum atomic E-state index is 0.591. The van der Waals surface area contributed by atoms with Crippen molar-refractivity contribution in [3.8, 4) is 0 Å². The summed E-state index contributed by atoms with van der Waals surface area (Å²) < 4.78 is 1.87. The lowest BCUT2D eigenvalue weighted by molar-refractivity contribution is 0.756. The molecule has 0 fully saturated rings. The van der Waals surface area contributed by atoms with Gasteiger partial charge in [0.2, 0.25) is 0 Å². The SMILES string of the molecule is Cc1cc(C)c(C(C)C)c(C)c1C.Cc1nn(C)cc1C(C)C. The lowest BCUT2D eigenvalue weighted by atomic mass is 9.88. The average molecular weight is 315 g/mol. The molecular weight excluding hydrogens is 280 g/mol. The highest BCUT2D eigenvalue weighted by Crippen LogP contribution is 2.27. The Labute approximate surface area is 142 Å². The van der Waals surface area contributed by atoms with Crippen molar-refractivity contribution in [3.63, 3.8) is 0 Å². The maximum atomic E-state index is 4.25. The summed E-state index contributed by atoms with van der Waals surface area (Å²) in [5, 5.41) is 4.25. The van der Waals surface area contributed by atoms with Crippen LogP contribution >= 0.6 is 0 Å². The minimum absolute atomic E-state index is 0.591. The Balaban J connectivity index is 0.000000238. The summed E-state index contributed by atoms with van der Waals surface area (Å²) in [4.78, 5) is 0. The molecule has 0 spiro atoms. The molecule has 1 aromatic heterocycles. The van der Waals surface area contributed by atoms with Crippen molar-refractivity contribution in [1.82, 2.24) is 9.78 Å². The van der Waals surface area contributed by atoms with Crippen LogP contribution in [-0.2, 0) is 7.05 Å². The average Bonchev–Trinajstić information content (AvgIpc) is 2.75. The van der Waals surface area contributed by atoms with Crippen molar-refractivity contribution >= 4 is 0 Å². The quantitative estimate of drug-likeness (QED) is 0.675. The highest BCUT2D eigenvalue weighted by molar-refractivity contribution is 5.45. The standard InChI is InChI=1S/C13H20.C8H14N2/c1-8(2)13-10(4)7-9(3)11(5)12(13)6;1-6(2)8-5-10(4)9-7(8)3/h7-8H,1-6H3;5-6H,1-4H3. The third-order valence-corrected chi connectivity index (χ3v) is 4.67. The normalized spacial score (nSPS) is 11.0. The van der Waals surface area contributed by atoms with Crippen LogP contribution in [0.5, 0.6) is 0 Å². The first-order chi connectivity index (χ1) is 10.6. The summed E-state index contributed by atoms with van der Waals surface area (Å²) in [6, 6.07) is 2.30. The van der Waals surface area contributed by atoms with Crippen LogP contribution in [-0.4, -0.2) is 9.78 Å². The van der Waals surface area contributed by atoms with Crippen molar-refractivity contribution in [2.24, 2.45) is 7.05 Å². The summed E-state index contributed by atoms with van der Waals surface area (Å²) in [5.74, 6) is 1.23. The molecule has 0 N–H and O–H groups in total. The summed E-state index contributed by atoms with van der Waals surface area (Å²) in [6.45, 7) is 19.8. The second-order valence-electron chi connectivity index (χ2n) is 7.33. The molecule has 1 aromatic carbocycles. The van der Waals surface area contributed by atoms with Gasteiger partial charge in [0.1, 0.15) is 0 Å². The molecular formula is C21H34N2. The summed E-state index contributed by atoms with van der Waals surface area (Å²) in [7, 11) is 1.96. The van der Waals surface area contributed by atoms with E-state index in [1.165, 1.54) is 33.4 Å². The molecule has 0 saturated carbocycles. The van der Waals surface area contributed by atoms with E-state index in [2.05, 4.69) is 79.7 Å². The Bertz CT molecular complexity index is 661. The Hall–Kier alpha value is -1.57. The monoisotopic (exact) mass is 314 g/mol. The molecule has 0 aliphatic rings. The lowest BCUT2D eigenvalue weighted by Crippen LogP contribution is -2.00. The van der Waals surface area contributed by atoms with Crippen molar-refractivity contribution in [2.45, 2.75) is 74.1 Å². The van der Waals surface area contributed by atoms with E-state index in [1.54, 1.807) is 0 Å². The summed E-state index contributed by atoms with van der Waals surface area (Å²) in [5.41, 5.74) is 9.82. The van der Waals surface area contributed by atoms with Gasteiger partial charge in [-0.2, -0.15) is 5.10 Å². The van der Waals surface area contributed by atoms with Crippen LogP contribution in [0.3, 0.4) is 0 Å². The van der Waals surface area contributed by atoms with Gasteiger partial charge in [-0.05, 0) is 79.8 Å². The molecule has 0 aliphatic heterocycles. The predicted molar refractivity (Wildman–Crippen MR) is 102 cm³/mol. The zero-order chi connectivity index (χ0) is 17.9. The highest BCUT2D eigenvalue weighted by Gasteiger charge is 2.10. The second kappa shape index (κ2) is 7.81. The van der Waals surface area contributed by atoms with Crippen LogP contribution in [0.4, 0.5) is 0 Å². The van der Waals surface area contributed by atoms with E-state index in [0.717, 1.165) is 5.69 Å². The van der Waals surface area contributed by atoms with Gasteiger partial charge in [0.05, 0.1) is 5.69 Å². The van der Waals surface area contributed by atoms with Crippen LogP contribution < -0.4 is 0 Å². The van der Waals surface area contributed by atoms with Gasteiger partial charge in [-0.3, -0.25) is 4.68 Å². The van der Waals surface area contributed by atoms with Gasteiger partial charge in [0.15, 0.2) is 0 Å². The first-order valence-electron chi connectivity index (χ1n) is 8.63. The van der Waals surface area contributed by atoms with E-state index in [-0.39, 0.29) is 0 Å².